The second kappa shape index (κ2) is 7.68. The molecule has 0 saturated heterocycles. The van der Waals surface area contributed by atoms with E-state index in [4.69, 9.17) is 16.3 Å². The number of carboxylic acid groups (broad SMARTS) is 1. The molecule has 0 aromatic heterocycles. The first-order valence-corrected chi connectivity index (χ1v) is 8.21. The number of hydrogen-bond acceptors (Lipinski definition) is 3. The minimum atomic E-state index is -1.13. The molecule has 1 atom stereocenters. The molecular weight excluding hydrogens is 398 g/mol. The number of aromatic carboxylic acids is 1. The Bertz CT molecular complexity index is 794. The number of aryl methyl sites for hydroxylation is 1. The highest BCUT2D eigenvalue weighted by atomic mass is 79.9. The maximum atomic E-state index is 12.3. The molecule has 2 aromatic rings. The number of carboxylic acids is 1. The Hall–Kier alpha value is -2.05. The Kier molecular flexibility index (Phi) is 5.85. The Morgan fingerprint density at radius 1 is 1.25 bits per heavy atom. The summed E-state index contributed by atoms with van der Waals surface area (Å²) in [6.45, 7) is 3.41. The summed E-state index contributed by atoms with van der Waals surface area (Å²) in [5.74, 6) is -1.04. The highest BCUT2D eigenvalue weighted by Gasteiger charge is 2.19. The molecule has 0 aliphatic carbocycles. The van der Waals surface area contributed by atoms with Crippen molar-refractivity contribution in [1.29, 1.82) is 0 Å². The lowest BCUT2D eigenvalue weighted by molar-refractivity contribution is -0.122. The van der Waals surface area contributed by atoms with Crippen molar-refractivity contribution in [3.05, 3.63) is 57.0 Å². The van der Waals surface area contributed by atoms with Crippen LogP contribution in [0.25, 0.3) is 0 Å². The zero-order chi connectivity index (χ0) is 17.9. The molecule has 0 saturated carbocycles. The number of carbonyl (C=O) groups is 2. The Balaban J connectivity index is 2.13. The van der Waals surface area contributed by atoms with Crippen LogP contribution in [0.15, 0.2) is 40.9 Å². The maximum absolute atomic E-state index is 12.3. The minimum Gasteiger partial charge on any atom is -0.481 e. The van der Waals surface area contributed by atoms with Gasteiger partial charge in [0.2, 0.25) is 0 Å². The van der Waals surface area contributed by atoms with E-state index in [-0.39, 0.29) is 11.3 Å². The molecule has 126 valence electrons. The van der Waals surface area contributed by atoms with Crippen molar-refractivity contribution in [2.24, 2.45) is 0 Å². The number of anilines is 1. The van der Waals surface area contributed by atoms with E-state index in [0.717, 1.165) is 5.56 Å². The highest BCUT2D eigenvalue weighted by Crippen LogP contribution is 2.24. The first-order chi connectivity index (χ1) is 11.3. The number of halogens is 2. The molecule has 0 fully saturated rings. The van der Waals surface area contributed by atoms with Crippen LogP contribution in [-0.2, 0) is 4.79 Å². The van der Waals surface area contributed by atoms with Crippen molar-refractivity contribution >= 4 is 45.1 Å². The molecule has 2 rings (SSSR count). The van der Waals surface area contributed by atoms with Crippen LogP contribution in [0.2, 0.25) is 5.02 Å². The molecule has 0 unspecified atom stereocenters. The third-order valence-electron chi connectivity index (χ3n) is 3.28. The smallest absolute Gasteiger partial charge is 0.337 e. The fraction of sp³-hybridized carbons (Fsp3) is 0.176. The first kappa shape index (κ1) is 18.3. The van der Waals surface area contributed by atoms with E-state index in [1.807, 2.05) is 6.92 Å². The van der Waals surface area contributed by atoms with Gasteiger partial charge in [0.05, 0.1) is 11.3 Å². The summed E-state index contributed by atoms with van der Waals surface area (Å²) in [5.41, 5.74) is 1.00. The number of nitrogens with one attached hydrogen (secondary N) is 1. The van der Waals surface area contributed by atoms with Crippen LogP contribution in [0.4, 0.5) is 5.69 Å². The summed E-state index contributed by atoms with van der Waals surface area (Å²) in [7, 11) is 0. The maximum Gasteiger partial charge on any atom is 0.337 e. The minimum absolute atomic E-state index is 0.00685. The largest absolute Gasteiger partial charge is 0.481 e. The monoisotopic (exact) mass is 411 g/mol. The van der Waals surface area contributed by atoms with Gasteiger partial charge in [-0.3, -0.25) is 4.79 Å². The molecule has 1 amide bonds. The molecule has 0 spiro atoms. The van der Waals surface area contributed by atoms with Gasteiger partial charge in [0.25, 0.3) is 5.91 Å². The lowest BCUT2D eigenvalue weighted by Gasteiger charge is -2.17. The zero-order valence-electron chi connectivity index (χ0n) is 13.0. The van der Waals surface area contributed by atoms with Crippen LogP contribution in [0, 0.1) is 6.92 Å². The predicted octanol–water partition coefficient (Wildman–Crippen LogP) is 4.52. The average Bonchev–Trinajstić information content (AvgIpc) is 2.51. The van der Waals surface area contributed by atoms with E-state index in [9.17, 15) is 14.7 Å². The van der Waals surface area contributed by atoms with E-state index in [2.05, 4.69) is 21.2 Å². The van der Waals surface area contributed by atoms with Gasteiger partial charge in [-0.25, -0.2) is 4.79 Å². The van der Waals surface area contributed by atoms with Crippen molar-refractivity contribution in [1.82, 2.24) is 0 Å². The van der Waals surface area contributed by atoms with Crippen LogP contribution < -0.4 is 10.1 Å². The lowest BCUT2D eigenvalue weighted by atomic mass is 10.1. The standard InChI is InChI=1S/C17H15BrClNO4/c1-9-7-12(19)4-6-15(9)24-10(2)16(21)20-14-5-3-11(18)8-13(14)17(22)23/h3-8,10H,1-2H3,(H,20,21)(H,22,23)/t10-/m0/s1. The molecule has 5 nitrogen and oxygen atoms in total. The summed E-state index contributed by atoms with van der Waals surface area (Å²) in [5, 5.41) is 12.4. The van der Waals surface area contributed by atoms with Gasteiger partial charge < -0.3 is 15.2 Å². The lowest BCUT2D eigenvalue weighted by Crippen LogP contribution is -2.31. The van der Waals surface area contributed by atoms with Gasteiger partial charge in [-0.05, 0) is 55.8 Å². The van der Waals surface area contributed by atoms with Crippen molar-refractivity contribution in [3.63, 3.8) is 0 Å². The molecule has 0 bridgehead atoms. The van der Waals surface area contributed by atoms with Crippen molar-refractivity contribution < 1.29 is 19.4 Å². The molecule has 0 heterocycles. The zero-order valence-corrected chi connectivity index (χ0v) is 15.3. The van der Waals surface area contributed by atoms with Crippen LogP contribution >= 0.6 is 27.5 Å². The van der Waals surface area contributed by atoms with Gasteiger partial charge in [0, 0.05) is 9.50 Å². The summed E-state index contributed by atoms with van der Waals surface area (Å²) < 4.78 is 6.24. The van der Waals surface area contributed by atoms with Crippen LogP contribution in [0.5, 0.6) is 5.75 Å². The second-order valence-electron chi connectivity index (χ2n) is 5.15. The molecule has 0 radical (unpaired) electrons. The molecule has 2 aromatic carbocycles. The first-order valence-electron chi connectivity index (χ1n) is 7.04. The molecule has 24 heavy (non-hydrogen) atoms. The van der Waals surface area contributed by atoms with Gasteiger partial charge in [0.1, 0.15) is 5.75 Å². The second-order valence-corrected chi connectivity index (χ2v) is 6.51. The summed E-state index contributed by atoms with van der Waals surface area (Å²) in [6, 6.07) is 9.68. The third kappa shape index (κ3) is 4.49. The number of hydrogen-bond donors (Lipinski definition) is 2. The van der Waals surface area contributed by atoms with Gasteiger partial charge >= 0.3 is 5.97 Å². The van der Waals surface area contributed by atoms with Gasteiger partial charge in [-0.1, -0.05) is 27.5 Å². The van der Waals surface area contributed by atoms with Crippen LogP contribution in [0.1, 0.15) is 22.8 Å². The highest BCUT2D eigenvalue weighted by molar-refractivity contribution is 9.10. The van der Waals surface area contributed by atoms with E-state index in [1.54, 1.807) is 31.2 Å². The number of rotatable bonds is 5. The van der Waals surface area contributed by atoms with Crippen LogP contribution in [-0.4, -0.2) is 23.1 Å². The van der Waals surface area contributed by atoms with Crippen molar-refractivity contribution in [3.8, 4) is 5.75 Å². The van der Waals surface area contributed by atoms with Crippen molar-refractivity contribution in [2.45, 2.75) is 20.0 Å². The molecule has 7 heteroatoms. The Labute approximate surface area is 152 Å². The molecule has 0 aliphatic heterocycles. The Morgan fingerprint density at radius 2 is 1.96 bits per heavy atom. The SMILES string of the molecule is Cc1cc(Cl)ccc1O[C@@H](C)C(=O)Nc1ccc(Br)cc1C(=O)O. The number of benzene rings is 2. The van der Waals surface area contributed by atoms with Gasteiger partial charge in [-0.2, -0.15) is 0 Å². The average molecular weight is 413 g/mol. The Morgan fingerprint density at radius 3 is 2.58 bits per heavy atom. The molecule has 2 N–H and O–H groups in total. The quantitative estimate of drug-likeness (QED) is 0.757. The van der Waals surface area contributed by atoms with Gasteiger partial charge in [-0.15, -0.1) is 0 Å². The topological polar surface area (TPSA) is 75.6 Å². The van der Waals surface area contributed by atoms with E-state index in [1.165, 1.54) is 12.1 Å². The number of carbonyl (C=O) groups excluding carboxylic acids is 1. The number of amides is 1. The fourth-order valence-corrected chi connectivity index (χ4v) is 2.61. The molecule has 0 aliphatic rings. The van der Waals surface area contributed by atoms with E-state index in [0.29, 0.717) is 15.2 Å². The number of ether oxygens (including phenoxy) is 1. The summed E-state index contributed by atoms with van der Waals surface area (Å²) in [4.78, 5) is 23.6. The third-order valence-corrected chi connectivity index (χ3v) is 4.01. The molecular formula is C17H15BrClNO4. The van der Waals surface area contributed by atoms with Gasteiger partial charge in [0.15, 0.2) is 6.10 Å². The van der Waals surface area contributed by atoms with Crippen molar-refractivity contribution in [2.75, 3.05) is 5.32 Å². The summed E-state index contributed by atoms with van der Waals surface area (Å²) >= 11 is 9.10. The fourth-order valence-electron chi connectivity index (χ4n) is 2.03. The normalized spacial score (nSPS) is 11.7. The van der Waals surface area contributed by atoms with E-state index < -0.39 is 18.0 Å². The van der Waals surface area contributed by atoms with Crippen LogP contribution in [0.3, 0.4) is 0 Å². The predicted molar refractivity (Wildman–Crippen MR) is 96.0 cm³/mol. The summed E-state index contributed by atoms with van der Waals surface area (Å²) in [6.07, 6.45) is -0.810. The van der Waals surface area contributed by atoms with E-state index >= 15 is 0 Å².